The van der Waals surface area contributed by atoms with Crippen molar-refractivity contribution >= 4 is 23.1 Å². The van der Waals surface area contributed by atoms with Crippen molar-refractivity contribution in [3.63, 3.8) is 0 Å². The van der Waals surface area contributed by atoms with Crippen molar-refractivity contribution in [1.29, 1.82) is 0 Å². The van der Waals surface area contributed by atoms with Crippen molar-refractivity contribution in [3.05, 3.63) is 35.4 Å². The number of nitrogens with two attached hydrogens (primary N) is 1. The van der Waals surface area contributed by atoms with Gasteiger partial charge >= 0.3 is 0 Å². The highest BCUT2D eigenvalue weighted by Crippen LogP contribution is 2.25. The molecule has 1 aromatic rings. The molecule has 1 aromatic carbocycles. The number of nitrogens with one attached hydrogen (secondary N) is 1. The molecule has 0 aromatic heterocycles. The molecule has 0 bridgehead atoms. The molecule has 20 heavy (non-hydrogen) atoms. The Morgan fingerprint density at radius 2 is 1.75 bits per heavy atom. The molecule has 0 fully saturated rings. The summed E-state index contributed by atoms with van der Waals surface area (Å²) in [6.45, 7) is 10.6. The van der Waals surface area contributed by atoms with Crippen LogP contribution in [-0.4, -0.2) is 17.4 Å². The Hall–Kier alpha value is -1.42. The maximum absolute atomic E-state index is 12.4. The lowest BCUT2D eigenvalue weighted by Crippen LogP contribution is -2.41. The standard InChI is InChI=1S/C16H24N2OS/c1-15(2,3)12-9-7-6-8-11(12)13(19)18-10-16(4,5)14(17)20/h6-9H,10H2,1-5H3,(H2,17,20)(H,18,19). The lowest BCUT2D eigenvalue weighted by molar-refractivity contribution is 0.0943. The molecule has 4 heteroatoms. The van der Waals surface area contributed by atoms with E-state index < -0.39 is 0 Å². The fraction of sp³-hybridized carbons (Fsp3) is 0.500. The fourth-order valence-corrected chi connectivity index (χ4v) is 1.89. The highest BCUT2D eigenvalue weighted by Gasteiger charge is 2.25. The number of rotatable bonds is 4. The Labute approximate surface area is 126 Å². The number of hydrogen-bond acceptors (Lipinski definition) is 2. The van der Waals surface area contributed by atoms with Gasteiger partial charge in [0, 0.05) is 17.5 Å². The van der Waals surface area contributed by atoms with Crippen molar-refractivity contribution in [2.24, 2.45) is 11.1 Å². The fourth-order valence-electron chi connectivity index (χ4n) is 1.82. The third kappa shape index (κ3) is 4.04. The molecule has 110 valence electrons. The van der Waals surface area contributed by atoms with Gasteiger partial charge in [0.1, 0.15) is 0 Å². The SMILES string of the molecule is CC(C)(CNC(=O)c1ccccc1C(C)(C)C)C(N)=S. The zero-order valence-corrected chi connectivity index (χ0v) is 13.7. The first kappa shape index (κ1) is 16.6. The van der Waals surface area contributed by atoms with E-state index in [9.17, 15) is 4.79 Å². The third-order valence-corrected chi connectivity index (χ3v) is 3.89. The van der Waals surface area contributed by atoms with Gasteiger partial charge in [0.15, 0.2) is 0 Å². The second-order valence-corrected chi connectivity index (χ2v) is 7.17. The van der Waals surface area contributed by atoms with Crippen LogP contribution in [0.3, 0.4) is 0 Å². The van der Waals surface area contributed by atoms with E-state index in [2.05, 4.69) is 26.1 Å². The molecule has 0 heterocycles. The van der Waals surface area contributed by atoms with Gasteiger partial charge in [0.25, 0.3) is 5.91 Å². The van der Waals surface area contributed by atoms with Crippen molar-refractivity contribution in [2.45, 2.75) is 40.0 Å². The minimum Gasteiger partial charge on any atom is -0.393 e. The molecule has 0 aliphatic rings. The normalized spacial score (nSPS) is 12.1. The van der Waals surface area contributed by atoms with E-state index in [1.807, 2.05) is 38.1 Å². The molecular weight excluding hydrogens is 268 g/mol. The van der Waals surface area contributed by atoms with Gasteiger partial charge in [-0.3, -0.25) is 4.79 Å². The maximum Gasteiger partial charge on any atom is 0.251 e. The van der Waals surface area contributed by atoms with E-state index in [-0.39, 0.29) is 16.7 Å². The zero-order valence-electron chi connectivity index (χ0n) is 12.9. The molecule has 3 nitrogen and oxygen atoms in total. The monoisotopic (exact) mass is 292 g/mol. The largest absolute Gasteiger partial charge is 0.393 e. The summed E-state index contributed by atoms with van der Waals surface area (Å²) in [6, 6.07) is 7.68. The van der Waals surface area contributed by atoms with Gasteiger partial charge in [-0.1, -0.05) is 65.0 Å². The Morgan fingerprint density at radius 3 is 2.25 bits per heavy atom. The Kier molecular flexibility index (Phi) is 4.92. The topological polar surface area (TPSA) is 55.1 Å². The Balaban J connectivity index is 2.92. The number of benzene rings is 1. The predicted molar refractivity (Wildman–Crippen MR) is 88.0 cm³/mol. The molecule has 0 aliphatic heterocycles. The lowest BCUT2D eigenvalue weighted by atomic mass is 9.83. The molecule has 0 saturated heterocycles. The Morgan fingerprint density at radius 1 is 1.20 bits per heavy atom. The predicted octanol–water partition coefficient (Wildman–Crippen LogP) is 3.03. The molecular formula is C16H24N2OS. The minimum absolute atomic E-state index is 0.0768. The molecule has 1 rings (SSSR count). The number of hydrogen-bond donors (Lipinski definition) is 2. The van der Waals surface area contributed by atoms with Gasteiger partial charge in [-0.15, -0.1) is 0 Å². The van der Waals surface area contributed by atoms with Gasteiger partial charge in [0.05, 0.1) is 4.99 Å². The average Bonchev–Trinajstić information content (AvgIpc) is 2.35. The first-order chi connectivity index (χ1) is 9.05. The summed E-state index contributed by atoms with van der Waals surface area (Å²) in [5.74, 6) is -0.0835. The van der Waals surface area contributed by atoms with E-state index in [1.54, 1.807) is 0 Å². The van der Waals surface area contributed by atoms with Gasteiger partial charge in [0.2, 0.25) is 0 Å². The van der Waals surface area contributed by atoms with Gasteiger partial charge < -0.3 is 11.1 Å². The van der Waals surface area contributed by atoms with Crippen LogP contribution in [0.4, 0.5) is 0 Å². The van der Waals surface area contributed by atoms with Gasteiger partial charge in [-0.2, -0.15) is 0 Å². The molecule has 0 radical (unpaired) electrons. The number of amides is 1. The van der Waals surface area contributed by atoms with Crippen molar-refractivity contribution in [1.82, 2.24) is 5.32 Å². The van der Waals surface area contributed by atoms with E-state index in [1.165, 1.54) is 0 Å². The number of carbonyl (C=O) groups is 1. The van der Waals surface area contributed by atoms with Crippen LogP contribution in [0.15, 0.2) is 24.3 Å². The second-order valence-electron chi connectivity index (χ2n) is 6.73. The van der Waals surface area contributed by atoms with Crippen molar-refractivity contribution < 1.29 is 4.79 Å². The minimum atomic E-state index is -0.387. The zero-order chi connectivity index (χ0) is 15.6. The van der Waals surface area contributed by atoms with Crippen LogP contribution >= 0.6 is 12.2 Å². The first-order valence-electron chi connectivity index (χ1n) is 6.73. The highest BCUT2D eigenvalue weighted by atomic mass is 32.1. The third-order valence-electron chi connectivity index (χ3n) is 3.34. The molecule has 0 atom stereocenters. The summed E-state index contributed by atoms with van der Waals surface area (Å²) < 4.78 is 0. The van der Waals surface area contributed by atoms with Crippen LogP contribution in [0.2, 0.25) is 0 Å². The molecule has 0 aliphatic carbocycles. The summed E-state index contributed by atoms with van der Waals surface area (Å²) >= 11 is 5.01. The van der Waals surface area contributed by atoms with Crippen LogP contribution in [0, 0.1) is 5.41 Å². The van der Waals surface area contributed by atoms with Crippen LogP contribution < -0.4 is 11.1 Å². The Bertz CT molecular complexity index is 515. The average molecular weight is 292 g/mol. The molecule has 0 saturated carbocycles. The lowest BCUT2D eigenvalue weighted by Gasteiger charge is -2.25. The smallest absolute Gasteiger partial charge is 0.251 e. The summed E-state index contributed by atoms with van der Waals surface area (Å²) in [7, 11) is 0. The summed E-state index contributed by atoms with van der Waals surface area (Å²) in [5.41, 5.74) is 6.95. The van der Waals surface area contributed by atoms with Gasteiger partial charge in [-0.05, 0) is 17.0 Å². The summed E-state index contributed by atoms with van der Waals surface area (Å²) in [6.07, 6.45) is 0. The van der Waals surface area contributed by atoms with Gasteiger partial charge in [-0.25, -0.2) is 0 Å². The van der Waals surface area contributed by atoms with E-state index >= 15 is 0 Å². The quantitative estimate of drug-likeness (QED) is 0.839. The molecule has 3 N–H and O–H groups in total. The van der Waals surface area contributed by atoms with Crippen LogP contribution in [0.25, 0.3) is 0 Å². The molecule has 0 unspecified atom stereocenters. The van der Waals surface area contributed by atoms with E-state index in [0.29, 0.717) is 17.1 Å². The summed E-state index contributed by atoms with van der Waals surface area (Å²) in [4.78, 5) is 12.8. The second kappa shape index (κ2) is 5.92. The highest BCUT2D eigenvalue weighted by molar-refractivity contribution is 7.80. The van der Waals surface area contributed by atoms with Crippen LogP contribution in [-0.2, 0) is 5.41 Å². The van der Waals surface area contributed by atoms with Crippen molar-refractivity contribution in [3.8, 4) is 0 Å². The van der Waals surface area contributed by atoms with Crippen LogP contribution in [0.5, 0.6) is 0 Å². The molecule has 0 spiro atoms. The summed E-state index contributed by atoms with van der Waals surface area (Å²) in [5, 5.41) is 2.93. The van der Waals surface area contributed by atoms with Crippen LogP contribution in [0.1, 0.15) is 50.5 Å². The van der Waals surface area contributed by atoms with Crippen molar-refractivity contribution in [2.75, 3.05) is 6.54 Å². The van der Waals surface area contributed by atoms with E-state index in [4.69, 9.17) is 18.0 Å². The maximum atomic E-state index is 12.4. The first-order valence-corrected chi connectivity index (χ1v) is 7.14. The van der Waals surface area contributed by atoms with E-state index in [0.717, 1.165) is 5.56 Å². The number of thiocarbonyl (C=S) groups is 1. The number of carbonyl (C=O) groups excluding carboxylic acids is 1. The molecule has 1 amide bonds.